The predicted molar refractivity (Wildman–Crippen MR) is 119 cm³/mol. The number of hydrogen-bond donors (Lipinski definition) is 3. The van der Waals surface area contributed by atoms with Gasteiger partial charge >= 0.3 is 5.97 Å². The van der Waals surface area contributed by atoms with Gasteiger partial charge in [-0.3, -0.25) is 14.4 Å². The largest absolute Gasteiger partial charge is 0.497 e. The van der Waals surface area contributed by atoms with Gasteiger partial charge in [0.25, 0.3) is 11.8 Å². The predicted octanol–water partition coefficient (Wildman–Crippen LogP) is 1.44. The van der Waals surface area contributed by atoms with Crippen LogP contribution in [0.3, 0.4) is 0 Å². The van der Waals surface area contributed by atoms with Gasteiger partial charge in [0.15, 0.2) is 6.61 Å². The smallest absolute Gasteiger partial charge is 0.324 e. The second-order valence-electron chi connectivity index (χ2n) is 7.47. The lowest BCUT2D eigenvalue weighted by molar-refractivity contribution is -0.148. The fourth-order valence-electron chi connectivity index (χ4n) is 2.83. The number of anilines is 1. The molecule has 3 rings (SSSR count). The highest BCUT2D eigenvalue weighted by Gasteiger charge is 2.26. The van der Waals surface area contributed by atoms with Crippen molar-refractivity contribution in [1.82, 2.24) is 10.0 Å². The van der Waals surface area contributed by atoms with Crippen LogP contribution in [0.25, 0.3) is 0 Å². The average Bonchev–Trinajstić information content (AvgIpc) is 3.61. The van der Waals surface area contributed by atoms with Crippen LogP contribution in [0.1, 0.15) is 30.1 Å². The molecule has 0 bridgehead atoms. The van der Waals surface area contributed by atoms with Gasteiger partial charge in [0.2, 0.25) is 10.0 Å². The third-order valence-corrected chi connectivity index (χ3v) is 6.32. The van der Waals surface area contributed by atoms with E-state index >= 15 is 0 Å². The lowest BCUT2D eigenvalue weighted by atomic mass is 10.1. The van der Waals surface area contributed by atoms with E-state index < -0.39 is 34.5 Å². The maximum Gasteiger partial charge on any atom is 0.324 e. The highest BCUT2D eigenvalue weighted by atomic mass is 32.2. The minimum Gasteiger partial charge on any atom is -0.497 e. The van der Waals surface area contributed by atoms with Gasteiger partial charge in [-0.25, -0.2) is 8.42 Å². The average molecular weight is 476 g/mol. The third-order valence-electron chi connectivity index (χ3n) is 4.76. The fraction of sp³-hybridized carbons (Fsp3) is 0.318. The van der Waals surface area contributed by atoms with E-state index in [2.05, 4.69) is 15.4 Å². The molecule has 3 N–H and O–H groups in total. The van der Waals surface area contributed by atoms with Crippen LogP contribution in [-0.4, -0.2) is 52.0 Å². The second kappa shape index (κ2) is 10.5. The van der Waals surface area contributed by atoms with Crippen molar-refractivity contribution in [3.8, 4) is 5.75 Å². The summed E-state index contributed by atoms with van der Waals surface area (Å²) < 4.78 is 37.0. The summed E-state index contributed by atoms with van der Waals surface area (Å²) in [5, 5.41) is 5.38. The molecule has 2 aromatic rings. The Morgan fingerprint density at radius 1 is 1.06 bits per heavy atom. The van der Waals surface area contributed by atoms with Crippen molar-refractivity contribution in [2.75, 3.05) is 19.0 Å². The van der Waals surface area contributed by atoms with Crippen molar-refractivity contribution in [3.05, 3.63) is 54.1 Å². The van der Waals surface area contributed by atoms with Crippen LogP contribution in [0.5, 0.6) is 5.75 Å². The minimum absolute atomic E-state index is 0.0539. The fourth-order valence-corrected chi connectivity index (χ4v) is 4.02. The number of rotatable bonds is 10. The molecule has 1 fully saturated rings. The van der Waals surface area contributed by atoms with Gasteiger partial charge in [-0.2, -0.15) is 4.72 Å². The highest BCUT2D eigenvalue weighted by molar-refractivity contribution is 7.89. The first-order valence-electron chi connectivity index (χ1n) is 10.2. The third kappa shape index (κ3) is 6.77. The maximum absolute atomic E-state index is 12.4. The van der Waals surface area contributed by atoms with Crippen molar-refractivity contribution in [2.24, 2.45) is 0 Å². The molecule has 0 aliphatic heterocycles. The van der Waals surface area contributed by atoms with Crippen LogP contribution >= 0.6 is 0 Å². The van der Waals surface area contributed by atoms with Gasteiger partial charge in [0, 0.05) is 6.04 Å². The molecule has 0 radical (unpaired) electrons. The van der Waals surface area contributed by atoms with Crippen molar-refractivity contribution < 1.29 is 32.3 Å². The summed E-state index contributed by atoms with van der Waals surface area (Å²) in [4.78, 5) is 36.7. The summed E-state index contributed by atoms with van der Waals surface area (Å²) in [5.74, 6) is -1.41. The van der Waals surface area contributed by atoms with Gasteiger partial charge < -0.3 is 20.1 Å². The topological polar surface area (TPSA) is 140 Å². The van der Waals surface area contributed by atoms with E-state index in [1.165, 1.54) is 38.3 Å². The Kier molecular flexibility index (Phi) is 7.67. The van der Waals surface area contributed by atoms with E-state index in [0.717, 1.165) is 12.8 Å². The van der Waals surface area contributed by atoms with Crippen molar-refractivity contribution in [3.63, 3.8) is 0 Å². The molecule has 10 nitrogen and oxygen atoms in total. The molecule has 0 saturated heterocycles. The summed E-state index contributed by atoms with van der Waals surface area (Å²) in [5.41, 5.74) is 0.578. The molecule has 11 heteroatoms. The van der Waals surface area contributed by atoms with Crippen molar-refractivity contribution >= 4 is 33.5 Å². The van der Waals surface area contributed by atoms with Gasteiger partial charge in [0.05, 0.1) is 23.3 Å². The van der Waals surface area contributed by atoms with Gasteiger partial charge in [0.1, 0.15) is 11.8 Å². The Balaban J connectivity index is 1.52. The summed E-state index contributed by atoms with van der Waals surface area (Å²) in [6.45, 7) is 0.658. The van der Waals surface area contributed by atoms with Gasteiger partial charge in [-0.05, 0) is 56.2 Å². The Morgan fingerprint density at radius 2 is 1.73 bits per heavy atom. The molecular weight excluding hydrogens is 450 g/mol. The Labute approximate surface area is 191 Å². The monoisotopic (exact) mass is 475 g/mol. The SMILES string of the molecule is COc1ccc(S(=O)(=O)N[C@@H](C)C(=O)OCC(=O)Nc2ccccc2C(=O)NC2CC2)cc1. The molecule has 1 saturated carbocycles. The van der Waals surface area contributed by atoms with Crippen LogP contribution in [0.15, 0.2) is 53.4 Å². The summed E-state index contributed by atoms with van der Waals surface area (Å²) in [6.07, 6.45) is 1.85. The van der Waals surface area contributed by atoms with E-state index in [1.54, 1.807) is 24.3 Å². The number of esters is 1. The summed E-state index contributed by atoms with van der Waals surface area (Å²) in [7, 11) is -2.53. The standard InChI is InChI=1S/C22H25N3O7S/c1-14(25-33(29,30)17-11-9-16(31-2)10-12-17)22(28)32-13-20(26)24-19-6-4-3-5-18(19)21(27)23-15-7-8-15/h3-6,9-12,14-15,25H,7-8,13H2,1-2H3,(H,23,27)(H,24,26)/t14-/m0/s1. The molecule has 0 spiro atoms. The number of carbonyl (C=O) groups is 3. The summed E-state index contributed by atoms with van der Waals surface area (Å²) >= 11 is 0. The molecule has 2 amide bonds. The molecule has 1 aliphatic rings. The molecule has 1 aliphatic carbocycles. The number of para-hydroxylation sites is 1. The number of nitrogens with one attached hydrogen (secondary N) is 3. The van der Waals surface area contributed by atoms with Crippen LogP contribution < -0.4 is 20.1 Å². The zero-order valence-corrected chi connectivity index (χ0v) is 19.0. The Hall–Kier alpha value is -3.44. The van der Waals surface area contributed by atoms with Gasteiger partial charge in [-0.15, -0.1) is 0 Å². The molecule has 1 atom stereocenters. The number of carbonyl (C=O) groups excluding carboxylic acids is 3. The maximum atomic E-state index is 12.4. The van der Waals surface area contributed by atoms with Gasteiger partial charge in [-0.1, -0.05) is 12.1 Å². The minimum atomic E-state index is -3.99. The normalized spacial score (nSPS) is 14.1. The molecule has 176 valence electrons. The van der Waals surface area contributed by atoms with Crippen LogP contribution in [0, 0.1) is 0 Å². The molecule has 0 aromatic heterocycles. The van der Waals surface area contributed by atoms with Crippen LogP contribution in [0.4, 0.5) is 5.69 Å². The molecule has 0 heterocycles. The number of methoxy groups -OCH3 is 1. The first-order valence-corrected chi connectivity index (χ1v) is 11.7. The highest BCUT2D eigenvalue weighted by Crippen LogP contribution is 2.21. The van der Waals surface area contributed by atoms with Crippen molar-refractivity contribution in [1.29, 1.82) is 0 Å². The molecule has 0 unspecified atom stereocenters. The van der Waals surface area contributed by atoms with E-state index in [0.29, 0.717) is 11.3 Å². The van der Waals surface area contributed by atoms with Crippen molar-refractivity contribution in [2.45, 2.75) is 36.7 Å². The quantitative estimate of drug-likeness (QED) is 0.442. The van der Waals surface area contributed by atoms with Crippen LogP contribution in [-0.2, 0) is 24.3 Å². The lowest BCUT2D eigenvalue weighted by Gasteiger charge is -2.15. The van der Waals surface area contributed by atoms with E-state index in [1.807, 2.05) is 0 Å². The number of benzene rings is 2. The summed E-state index contributed by atoms with van der Waals surface area (Å²) in [6, 6.07) is 11.0. The number of sulfonamides is 1. The first kappa shape index (κ1) is 24.2. The van der Waals surface area contributed by atoms with E-state index in [4.69, 9.17) is 9.47 Å². The number of ether oxygens (including phenoxy) is 2. The first-order chi connectivity index (χ1) is 15.7. The van der Waals surface area contributed by atoms with E-state index in [9.17, 15) is 22.8 Å². The number of amides is 2. The molecule has 33 heavy (non-hydrogen) atoms. The lowest BCUT2D eigenvalue weighted by Crippen LogP contribution is -2.40. The zero-order valence-electron chi connectivity index (χ0n) is 18.2. The second-order valence-corrected chi connectivity index (χ2v) is 9.18. The molecule has 2 aromatic carbocycles. The molecular formula is C22H25N3O7S. The zero-order chi connectivity index (χ0) is 24.0. The number of hydrogen-bond acceptors (Lipinski definition) is 7. The Morgan fingerprint density at radius 3 is 2.36 bits per heavy atom. The van der Waals surface area contributed by atoms with E-state index in [-0.39, 0.29) is 22.5 Å². The van der Waals surface area contributed by atoms with Crippen LogP contribution in [0.2, 0.25) is 0 Å². The Bertz CT molecular complexity index is 1130.